The minimum atomic E-state index is -4.39. The fourth-order valence-electron chi connectivity index (χ4n) is 2.78. The molecule has 0 saturated carbocycles. The van der Waals surface area contributed by atoms with E-state index in [1.165, 1.54) is 28.8 Å². The highest BCUT2D eigenvalue weighted by molar-refractivity contribution is 7.99. The van der Waals surface area contributed by atoms with E-state index in [0.29, 0.717) is 11.3 Å². The zero-order valence-corrected chi connectivity index (χ0v) is 17.0. The van der Waals surface area contributed by atoms with Crippen LogP contribution in [0.1, 0.15) is 31.4 Å². The van der Waals surface area contributed by atoms with Gasteiger partial charge in [-0.25, -0.2) is 4.39 Å². The van der Waals surface area contributed by atoms with Gasteiger partial charge in [0.05, 0.1) is 24.2 Å². The van der Waals surface area contributed by atoms with E-state index in [9.17, 15) is 22.4 Å². The standard InChI is InChI=1S/C18H21F4N3OS.ClH/c1-17(2,15(24)16(26)25-9-13(19)7-14(25)8-23)27-10-11-3-5-12(6-4-11)18(20,21)22;/h3-6,13-15H,7,9-10,24H2,1-2H3;1H/t13-,14-,15+;/m0./s1. The summed E-state index contributed by atoms with van der Waals surface area (Å²) in [5, 5.41) is 9.08. The third-order valence-corrected chi connectivity index (χ3v) is 6.06. The molecule has 2 rings (SSSR count). The number of alkyl halides is 4. The predicted molar refractivity (Wildman–Crippen MR) is 103 cm³/mol. The van der Waals surface area contributed by atoms with Crippen molar-refractivity contribution < 1.29 is 22.4 Å². The van der Waals surface area contributed by atoms with Gasteiger partial charge in [0.2, 0.25) is 5.91 Å². The summed E-state index contributed by atoms with van der Waals surface area (Å²) in [5.74, 6) is -0.133. The second-order valence-electron chi connectivity index (χ2n) is 7.03. The van der Waals surface area contributed by atoms with Crippen LogP contribution in [-0.4, -0.2) is 40.4 Å². The lowest BCUT2D eigenvalue weighted by atomic mass is 10.0. The van der Waals surface area contributed by atoms with E-state index in [2.05, 4.69) is 0 Å². The number of carbonyl (C=O) groups excluding carboxylic acids is 1. The molecule has 156 valence electrons. The topological polar surface area (TPSA) is 70.1 Å². The summed E-state index contributed by atoms with van der Waals surface area (Å²) in [7, 11) is 0. The van der Waals surface area contributed by atoms with Crippen molar-refractivity contribution in [3.05, 3.63) is 35.4 Å². The minimum absolute atomic E-state index is 0. The van der Waals surface area contributed by atoms with Gasteiger partial charge in [-0.2, -0.15) is 18.4 Å². The molecule has 0 aliphatic carbocycles. The molecule has 1 aromatic carbocycles. The van der Waals surface area contributed by atoms with Crippen molar-refractivity contribution in [3.63, 3.8) is 0 Å². The normalized spacial score (nSPS) is 21.0. The van der Waals surface area contributed by atoms with Crippen LogP contribution >= 0.6 is 24.2 Å². The number of halogens is 5. The maximum Gasteiger partial charge on any atom is 0.416 e. The van der Waals surface area contributed by atoms with Gasteiger partial charge in [-0.05, 0) is 31.5 Å². The van der Waals surface area contributed by atoms with E-state index >= 15 is 0 Å². The molecule has 1 aromatic rings. The molecule has 10 heteroatoms. The number of hydrogen-bond acceptors (Lipinski definition) is 4. The minimum Gasteiger partial charge on any atom is -0.322 e. The lowest BCUT2D eigenvalue weighted by molar-refractivity contribution is -0.137. The molecule has 3 atom stereocenters. The zero-order valence-electron chi connectivity index (χ0n) is 15.4. The second-order valence-corrected chi connectivity index (χ2v) is 8.66. The second kappa shape index (κ2) is 9.33. The van der Waals surface area contributed by atoms with Crippen LogP contribution in [0.2, 0.25) is 0 Å². The van der Waals surface area contributed by atoms with Crippen molar-refractivity contribution in [1.82, 2.24) is 4.90 Å². The highest BCUT2D eigenvalue weighted by Crippen LogP contribution is 2.34. The fourth-order valence-corrected chi connectivity index (χ4v) is 3.79. The molecule has 0 unspecified atom stereocenters. The highest BCUT2D eigenvalue weighted by atomic mass is 35.5. The van der Waals surface area contributed by atoms with Crippen LogP contribution in [0.3, 0.4) is 0 Å². The van der Waals surface area contributed by atoms with Crippen molar-refractivity contribution in [2.45, 2.75) is 55.2 Å². The van der Waals surface area contributed by atoms with Gasteiger partial charge in [-0.15, -0.1) is 24.2 Å². The summed E-state index contributed by atoms with van der Waals surface area (Å²) in [6.07, 6.45) is -5.65. The summed E-state index contributed by atoms with van der Waals surface area (Å²) in [6.45, 7) is 3.34. The SMILES string of the molecule is CC(C)(SCc1ccc(C(F)(F)F)cc1)[C@H](N)C(=O)N1C[C@@H](F)C[C@H]1C#N.Cl. The Hall–Kier alpha value is -1.50. The van der Waals surface area contributed by atoms with E-state index in [-0.39, 0.29) is 25.4 Å². The first-order chi connectivity index (χ1) is 12.5. The maximum absolute atomic E-state index is 13.5. The summed E-state index contributed by atoms with van der Waals surface area (Å²) < 4.78 is 50.6. The molecule has 1 aliphatic rings. The number of carbonyl (C=O) groups is 1. The molecule has 4 nitrogen and oxygen atoms in total. The fraction of sp³-hybridized carbons (Fsp3) is 0.556. The number of thioether (sulfide) groups is 1. The predicted octanol–water partition coefficient (Wildman–Crippen LogP) is 3.93. The number of rotatable bonds is 5. The number of nitrogens with two attached hydrogens (primary N) is 1. The molecule has 1 amide bonds. The van der Waals surface area contributed by atoms with Crippen LogP contribution in [0.25, 0.3) is 0 Å². The lowest BCUT2D eigenvalue weighted by Gasteiger charge is -2.33. The van der Waals surface area contributed by atoms with E-state index in [0.717, 1.165) is 12.1 Å². The number of nitriles is 1. The Kier molecular flexibility index (Phi) is 8.18. The van der Waals surface area contributed by atoms with E-state index in [1.807, 2.05) is 6.07 Å². The Morgan fingerprint density at radius 2 is 1.93 bits per heavy atom. The molecule has 2 N–H and O–H groups in total. The first-order valence-corrected chi connectivity index (χ1v) is 9.34. The van der Waals surface area contributed by atoms with Gasteiger partial charge in [0, 0.05) is 16.9 Å². The van der Waals surface area contributed by atoms with E-state index in [1.54, 1.807) is 13.8 Å². The quantitative estimate of drug-likeness (QED) is 0.706. The summed E-state index contributed by atoms with van der Waals surface area (Å²) >= 11 is 1.32. The van der Waals surface area contributed by atoms with Crippen LogP contribution in [-0.2, 0) is 16.7 Å². The zero-order chi connectivity index (χ0) is 20.4. The smallest absolute Gasteiger partial charge is 0.322 e. The van der Waals surface area contributed by atoms with Crippen LogP contribution in [0.15, 0.2) is 24.3 Å². The van der Waals surface area contributed by atoms with Gasteiger partial charge in [0.1, 0.15) is 12.2 Å². The highest BCUT2D eigenvalue weighted by Gasteiger charge is 2.42. The van der Waals surface area contributed by atoms with Gasteiger partial charge in [-0.1, -0.05) is 12.1 Å². The van der Waals surface area contributed by atoms with Crippen molar-refractivity contribution in [1.29, 1.82) is 5.26 Å². The monoisotopic (exact) mass is 439 g/mol. The van der Waals surface area contributed by atoms with Crippen LogP contribution in [0, 0.1) is 11.3 Å². The maximum atomic E-state index is 13.5. The molecule has 1 fully saturated rings. The van der Waals surface area contributed by atoms with Crippen LogP contribution < -0.4 is 5.73 Å². The largest absolute Gasteiger partial charge is 0.416 e. The number of hydrogen-bond donors (Lipinski definition) is 1. The molecule has 0 aromatic heterocycles. The molecular weight excluding hydrogens is 418 g/mol. The number of amides is 1. The first-order valence-electron chi connectivity index (χ1n) is 8.35. The Morgan fingerprint density at radius 3 is 2.43 bits per heavy atom. The molecule has 1 saturated heterocycles. The molecule has 0 spiro atoms. The first kappa shape index (κ1) is 24.5. The van der Waals surface area contributed by atoms with Crippen molar-refractivity contribution in [2.24, 2.45) is 5.73 Å². The van der Waals surface area contributed by atoms with Gasteiger partial charge >= 0.3 is 6.18 Å². The molecule has 1 aliphatic heterocycles. The van der Waals surface area contributed by atoms with Crippen molar-refractivity contribution >= 4 is 30.1 Å². The summed E-state index contributed by atoms with van der Waals surface area (Å²) in [4.78, 5) is 13.8. The average Bonchev–Trinajstić information content (AvgIpc) is 2.99. The molecule has 28 heavy (non-hydrogen) atoms. The third kappa shape index (κ3) is 5.75. The molecule has 1 heterocycles. The van der Waals surface area contributed by atoms with Gasteiger partial charge in [-0.3, -0.25) is 4.79 Å². The molecular formula is C18H22ClF4N3OS. The third-order valence-electron chi connectivity index (χ3n) is 4.59. The number of nitrogens with zero attached hydrogens (tertiary/aromatic N) is 2. The van der Waals surface area contributed by atoms with E-state index in [4.69, 9.17) is 11.0 Å². The van der Waals surface area contributed by atoms with Crippen molar-refractivity contribution in [3.8, 4) is 6.07 Å². The Labute approximate surface area is 171 Å². The number of benzene rings is 1. The van der Waals surface area contributed by atoms with Crippen molar-refractivity contribution in [2.75, 3.05) is 6.54 Å². The lowest BCUT2D eigenvalue weighted by Crippen LogP contribution is -2.54. The number of likely N-dealkylation sites (tertiary alicyclic amines) is 1. The summed E-state index contributed by atoms with van der Waals surface area (Å²) in [5.41, 5.74) is 6.03. The van der Waals surface area contributed by atoms with Gasteiger partial charge in [0.15, 0.2) is 0 Å². The molecule has 0 bridgehead atoms. The van der Waals surface area contributed by atoms with Gasteiger partial charge < -0.3 is 10.6 Å². The van der Waals surface area contributed by atoms with Gasteiger partial charge in [0.25, 0.3) is 0 Å². The Balaban J connectivity index is 0.00000392. The Morgan fingerprint density at radius 1 is 1.36 bits per heavy atom. The Bertz CT molecular complexity index is 721. The van der Waals surface area contributed by atoms with E-state index < -0.39 is 40.6 Å². The van der Waals surface area contributed by atoms with Crippen LogP contribution in [0.4, 0.5) is 17.6 Å². The molecule has 0 radical (unpaired) electrons. The van der Waals surface area contributed by atoms with Crippen LogP contribution in [0.5, 0.6) is 0 Å². The summed E-state index contributed by atoms with van der Waals surface area (Å²) in [6, 6.07) is 4.92. The average molecular weight is 440 g/mol.